The molecule has 1 aliphatic rings. The summed E-state index contributed by atoms with van der Waals surface area (Å²) in [7, 11) is -3.90. The highest BCUT2D eigenvalue weighted by molar-refractivity contribution is 7.92. The van der Waals surface area contributed by atoms with Gasteiger partial charge in [-0.05, 0) is 53.6 Å². The van der Waals surface area contributed by atoms with Crippen LogP contribution >= 0.6 is 0 Å². The van der Waals surface area contributed by atoms with E-state index in [1.54, 1.807) is 12.1 Å². The zero-order valence-electron chi connectivity index (χ0n) is 18.7. The third kappa shape index (κ3) is 3.98. The van der Waals surface area contributed by atoms with E-state index in [0.29, 0.717) is 16.7 Å². The van der Waals surface area contributed by atoms with Crippen molar-refractivity contribution in [3.63, 3.8) is 0 Å². The van der Waals surface area contributed by atoms with Crippen molar-refractivity contribution in [1.29, 1.82) is 0 Å². The van der Waals surface area contributed by atoms with Gasteiger partial charge in [0.1, 0.15) is 10.6 Å². The number of para-hydroxylation sites is 1. The van der Waals surface area contributed by atoms with E-state index < -0.39 is 14.6 Å². The van der Waals surface area contributed by atoms with Gasteiger partial charge >= 0.3 is 0 Å². The number of nitrogens with one attached hydrogen (secondary N) is 2. The van der Waals surface area contributed by atoms with Gasteiger partial charge in [-0.2, -0.15) is 0 Å². The Morgan fingerprint density at radius 3 is 2.23 bits per heavy atom. The highest BCUT2D eigenvalue weighted by atomic mass is 32.2. The molecule has 35 heavy (non-hydrogen) atoms. The van der Waals surface area contributed by atoms with Crippen molar-refractivity contribution in [3.05, 3.63) is 131 Å². The van der Waals surface area contributed by atoms with Crippen LogP contribution in [-0.4, -0.2) is 20.9 Å². The van der Waals surface area contributed by atoms with Crippen LogP contribution in [-0.2, 0) is 21.1 Å². The molecule has 1 amide bonds. The van der Waals surface area contributed by atoms with E-state index in [9.17, 15) is 17.6 Å². The maximum Gasteiger partial charge on any atom is 0.251 e. The van der Waals surface area contributed by atoms with E-state index in [1.807, 2.05) is 54.6 Å². The van der Waals surface area contributed by atoms with E-state index >= 15 is 0 Å². The quantitative estimate of drug-likeness (QED) is 0.407. The molecule has 0 bridgehead atoms. The number of hydrogen-bond donors (Lipinski definition) is 2. The lowest BCUT2D eigenvalue weighted by Gasteiger charge is -2.30. The van der Waals surface area contributed by atoms with Crippen LogP contribution < -0.4 is 10.6 Å². The Hall–Kier alpha value is -3.97. The lowest BCUT2D eigenvalue weighted by Crippen LogP contribution is -2.39. The second kappa shape index (κ2) is 9.00. The van der Waals surface area contributed by atoms with E-state index in [0.717, 1.165) is 11.3 Å². The summed E-state index contributed by atoms with van der Waals surface area (Å²) in [6, 6.07) is 28.5. The Balaban J connectivity index is 1.46. The molecule has 0 aliphatic carbocycles. The third-order valence-corrected chi connectivity index (χ3v) is 8.79. The summed E-state index contributed by atoms with van der Waals surface area (Å²) in [6.45, 7) is 0.442. The number of amides is 1. The summed E-state index contributed by atoms with van der Waals surface area (Å²) in [6.07, 6.45) is 0. The van der Waals surface area contributed by atoms with Crippen molar-refractivity contribution in [2.45, 2.75) is 16.2 Å². The van der Waals surface area contributed by atoms with Gasteiger partial charge in [-0.3, -0.25) is 4.79 Å². The monoisotopic (exact) mass is 486 g/mol. The number of halogens is 1. The summed E-state index contributed by atoms with van der Waals surface area (Å²) < 4.78 is 40.1. The molecule has 1 unspecified atom stereocenters. The first kappa shape index (κ1) is 22.8. The average molecular weight is 487 g/mol. The number of sulfone groups is 1. The summed E-state index contributed by atoms with van der Waals surface area (Å²) >= 11 is 0. The van der Waals surface area contributed by atoms with E-state index in [1.165, 1.54) is 36.4 Å². The fourth-order valence-electron chi connectivity index (χ4n) is 4.54. The molecule has 7 heteroatoms. The summed E-state index contributed by atoms with van der Waals surface area (Å²) in [5, 5.41) is 6.04. The summed E-state index contributed by atoms with van der Waals surface area (Å²) in [5.41, 5.74) is 3.27. The van der Waals surface area contributed by atoms with Gasteiger partial charge in [0.15, 0.2) is 9.84 Å². The number of hydrogen-bond acceptors (Lipinski definition) is 4. The molecule has 0 fully saturated rings. The number of anilines is 1. The molecule has 0 saturated heterocycles. The smallest absolute Gasteiger partial charge is 0.251 e. The van der Waals surface area contributed by atoms with Gasteiger partial charge in [-0.15, -0.1) is 0 Å². The van der Waals surface area contributed by atoms with Gasteiger partial charge in [-0.25, -0.2) is 12.8 Å². The predicted octanol–water partition coefficient (Wildman–Crippen LogP) is 4.90. The minimum absolute atomic E-state index is 0.134. The van der Waals surface area contributed by atoms with Crippen molar-refractivity contribution in [2.24, 2.45) is 0 Å². The van der Waals surface area contributed by atoms with Crippen LogP contribution in [0.4, 0.5) is 10.1 Å². The molecule has 1 atom stereocenters. The highest BCUT2D eigenvalue weighted by Gasteiger charge is 2.52. The first-order chi connectivity index (χ1) is 16.9. The normalized spacial score (nSPS) is 16.8. The van der Waals surface area contributed by atoms with Crippen molar-refractivity contribution in [1.82, 2.24) is 5.32 Å². The number of carbonyl (C=O) groups is 1. The molecule has 1 aliphatic heterocycles. The van der Waals surface area contributed by atoms with Crippen LogP contribution in [0.1, 0.15) is 27.0 Å². The summed E-state index contributed by atoms with van der Waals surface area (Å²) in [4.78, 5) is 12.7. The molecule has 4 aromatic rings. The van der Waals surface area contributed by atoms with Crippen LogP contribution in [0.3, 0.4) is 0 Å². The van der Waals surface area contributed by atoms with Gasteiger partial charge in [-0.1, -0.05) is 60.7 Å². The molecule has 2 N–H and O–H groups in total. The molecule has 4 aromatic carbocycles. The van der Waals surface area contributed by atoms with Gasteiger partial charge < -0.3 is 10.6 Å². The van der Waals surface area contributed by atoms with Crippen molar-refractivity contribution >= 4 is 21.4 Å². The van der Waals surface area contributed by atoms with Gasteiger partial charge in [0.2, 0.25) is 0 Å². The summed E-state index contributed by atoms with van der Waals surface area (Å²) in [5.74, 6) is -0.686. The molecule has 5 rings (SSSR count). The van der Waals surface area contributed by atoms with Crippen molar-refractivity contribution < 1.29 is 17.6 Å². The first-order valence-electron chi connectivity index (χ1n) is 11.2. The second-order valence-corrected chi connectivity index (χ2v) is 10.6. The van der Waals surface area contributed by atoms with Crippen LogP contribution in [0.25, 0.3) is 0 Å². The molecule has 0 spiro atoms. The zero-order chi connectivity index (χ0) is 24.5. The SMILES string of the molecule is O=C(NCc1ccc(F)cc1)c1ccc(S(=O)(=O)C2(c3ccccc3)CNc3ccccc32)cc1. The van der Waals surface area contributed by atoms with E-state index in [-0.39, 0.29) is 29.7 Å². The predicted molar refractivity (Wildman–Crippen MR) is 133 cm³/mol. The van der Waals surface area contributed by atoms with Crippen LogP contribution in [0.15, 0.2) is 108 Å². The fourth-order valence-corrected chi connectivity index (χ4v) is 6.61. The second-order valence-electron chi connectivity index (χ2n) is 8.43. The lowest BCUT2D eigenvalue weighted by molar-refractivity contribution is 0.0951. The Morgan fingerprint density at radius 2 is 1.51 bits per heavy atom. The standard InChI is InChI=1S/C28H23FN2O3S/c29-23-14-10-20(11-15-23)18-30-27(32)21-12-16-24(17-13-21)35(33,34)28(22-6-2-1-3-7-22)19-31-26-9-5-4-8-25(26)28/h1-17,31H,18-19H2,(H,30,32). The zero-order valence-corrected chi connectivity index (χ0v) is 19.6. The molecule has 1 heterocycles. The third-order valence-electron chi connectivity index (χ3n) is 6.38. The molecular weight excluding hydrogens is 463 g/mol. The number of rotatable bonds is 6. The maximum atomic E-state index is 14.2. The van der Waals surface area contributed by atoms with Crippen molar-refractivity contribution in [3.8, 4) is 0 Å². The molecule has 0 saturated carbocycles. The van der Waals surface area contributed by atoms with Crippen molar-refractivity contribution in [2.75, 3.05) is 11.9 Å². The Morgan fingerprint density at radius 1 is 0.857 bits per heavy atom. The average Bonchev–Trinajstić information content (AvgIpc) is 3.30. The fraction of sp³-hybridized carbons (Fsp3) is 0.107. The van der Waals surface area contributed by atoms with E-state index in [4.69, 9.17) is 0 Å². The lowest BCUT2D eigenvalue weighted by atomic mass is 9.92. The molecule has 0 radical (unpaired) electrons. The molecular formula is C28H23FN2O3S. The van der Waals surface area contributed by atoms with Gasteiger partial charge in [0, 0.05) is 29.9 Å². The number of carbonyl (C=O) groups excluding carboxylic acids is 1. The largest absolute Gasteiger partial charge is 0.382 e. The highest BCUT2D eigenvalue weighted by Crippen LogP contribution is 2.48. The Bertz CT molecular complexity index is 1470. The van der Waals surface area contributed by atoms with E-state index in [2.05, 4.69) is 10.6 Å². The topological polar surface area (TPSA) is 75.3 Å². The van der Waals surface area contributed by atoms with Crippen LogP contribution in [0, 0.1) is 5.82 Å². The molecule has 5 nitrogen and oxygen atoms in total. The van der Waals surface area contributed by atoms with Gasteiger partial charge in [0.25, 0.3) is 5.91 Å². The minimum Gasteiger partial charge on any atom is -0.382 e. The van der Waals surface area contributed by atoms with Gasteiger partial charge in [0.05, 0.1) is 4.90 Å². The number of benzene rings is 4. The number of fused-ring (bicyclic) bond motifs is 1. The van der Waals surface area contributed by atoms with Crippen LogP contribution in [0.5, 0.6) is 0 Å². The molecule has 176 valence electrons. The van der Waals surface area contributed by atoms with Crippen LogP contribution in [0.2, 0.25) is 0 Å². The maximum absolute atomic E-state index is 14.2. The first-order valence-corrected chi connectivity index (χ1v) is 12.7. The minimum atomic E-state index is -3.90. The molecule has 0 aromatic heterocycles. The Kier molecular flexibility index (Phi) is 5.86. The Labute approximate surface area is 203 Å².